The molecule has 1 N–H and O–H groups in total. The summed E-state index contributed by atoms with van der Waals surface area (Å²) >= 11 is 0. The first kappa shape index (κ1) is 14.8. The van der Waals surface area contributed by atoms with Gasteiger partial charge in [0.25, 0.3) is 0 Å². The largest absolute Gasteiger partial charge is 0.480 e. The number of aromatic nitrogens is 3. The van der Waals surface area contributed by atoms with Gasteiger partial charge in [-0.05, 0) is 12.1 Å². The maximum absolute atomic E-state index is 5.31. The van der Waals surface area contributed by atoms with Crippen LogP contribution in [0.4, 0.5) is 5.69 Å². The van der Waals surface area contributed by atoms with Crippen molar-refractivity contribution in [2.24, 2.45) is 0 Å². The second-order valence-electron chi connectivity index (χ2n) is 4.73. The molecule has 23 heavy (non-hydrogen) atoms. The Balaban J connectivity index is 1.84. The predicted molar refractivity (Wildman–Crippen MR) is 84.4 cm³/mol. The van der Waals surface area contributed by atoms with Gasteiger partial charge >= 0.3 is 6.01 Å². The highest BCUT2D eigenvalue weighted by atomic mass is 16.5. The molecule has 0 saturated heterocycles. The van der Waals surface area contributed by atoms with E-state index in [1.54, 1.807) is 38.2 Å². The summed E-state index contributed by atoms with van der Waals surface area (Å²) in [6.45, 7) is 0.651. The van der Waals surface area contributed by atoms with Crippen LogP contribution >= 0.6 is 0 Å². The van der Waals surface area contributed by atoms with Crippen LogP contribution in [0.25, 0.3) is 11.1 Å². The van der Waals surface area contributed by atoms with E-state index < -0.39 is 0 Å². The van der Waals surface area contributed by atoms with Crippen LogP contribution in [0.15, 0.2) is 47.7 Å². The molecule has 3 aromatic heterocycles. The van der Waals surface area contributed by atoms with Gasteiger partial charge in [-0.3, -0.25) is 4.98 Å². The van der Waals surface area contributed by atoms with Crippen LogP contribution in [0.5, 0.6) is 11.9 Å². The average molecular weight is 312 g/mol. The minimum absolute atomic E-state index is 0.257. The van der Waals surface area contributed by atoms with E-state index in [0.717, 1.165) is 22.4 Å². The van der Waals surface area contributed by atoms with Gasteiger partial charge in [0.05, 0.1) is 38.0 Å². The van der Waals surface area contributed by atoms with E-state index in [1.807, 2.05) is 12.1 Å². The quantitative estimate of drug-likeness (QED) is 0.749. The maximum atomic E-state index is 5.31. The van der Waals surface area contributed by atoms with E-state index in [9.17, 15) is 0 Å². The molecule has 0 spiro atoms. The second kappa shape index (κ2) is 6.78. The Bertz CT molecular complexity index is 775. The van der Waals surface area contributed by atoms with Gasteiger partial charge in [0.2, 0.25) is 5.88 Å². The Kier molecular flexibility index (Phi) is 4.37. The van der Waals surface area contributed by atoms with E-state index in [0.29, 0.717) is 12.4 Å². The highest BCUT2D eigenvalue weighted by Crippen LogP contribution is 2.29. The maximum Gasteiger partial charge on any atom is 0.319 e. The van der Waals surface area contributed by atoms with Crippen LogP contribution in [0.1, 0.15) is 5.56 Å². The molecule has 0 unspecified atom stereocenters. The van der Waals surface area contributed by atoms with Crippen molar-refractivity contribution in [3.05, 3.63) is 48.8 Å². The molecule has 0 aromatic carbocycles. The standard InChI is InChI=1S/C16H16N4O3/c1-21-15-14(9-19-16(20-15)22-2)12-5-13(8-17-7-12)18-6-11-3-4-23-10-11/h3-5,7-10,18H,6H2,1-2H3. The normalized spacial score (nSPS) is 10.3. The summed E-state index contributed by atoms with van der Waals surface area (Å²) in [5.74, 6) is 0.436. The van der Waals surface area contributed by atoms with E-state index in [1.165, 1.54) is 7.11 Å². The summed E-state index contributed by atoms with van der Waals surface area (Å²) in [5.41, 5.74) is 3.52. The fourth-order valence-corrected chi connectivity index (χ4v) is 2.08. The first-order valence-corrected chi connectivity index (χ1v) is 6.95. The number of furan rings is 1. The molecule has 7 heteroatoms. The van der Waals surface area contributed by atoms with E-state index in [-0.39, 0.29) is 6.01 Å². The lowest BCUT2D eigenvalue weighted by molar-refractivity contribution is 0.353. The molecule has 0 saturated carbocycles. The molecule has 118 valence electrons. The topological polar surface area (TPSA) is 82.3 Å². The van der Waals surface area contributed by atoms with Crippen molar-refractivity contribution >= 4 is 5.69 Å². The van der Waals surface area contributed by atoms with Crippen molar-refractivity contribution in [3.8, 4) is 23.0 Å². The Labute approximate surface area is 133 Å². The Morgan fingerprint density at radius 1 is 1.17 bits per heavy atom. The number of hydrogen-bond donors (Lipinski definition) is 1. The molecular formula is C16H16N4O3. The fourth-order valence-electron chi connectivity index (χ4n) is 2.08. The van der Waals surface area contributed by atoms with Gasteiger partial charge < -0.3 is 19.2 Å². The SMILES string of the molecule is COc1ncc(-c2cncc(NCc3ccoc3)c2)c(OC)n1. The molecule has 0 fully saturated rings. The highest BCUT2D eigenvalue weighted by Gasteiger charge is 2.11. The predicted octanol–water partition coefficient (Wildman–Crippen LogP) is 2.76. The number of nitrogens with zero attached hydrogens (tertiary/aromatic N) is 3. The van der Waals surface area contributed by atoms with Crippen LogP contribution in [-0.2, 0) is 6.54 Å². The summed E-state index contributed by atoms with van der Waals surface area (Å²) in [6, 6.07) is 4.12. The Morgan fingerprint density at radius 3 is 2.83 bits per heavy atom. The van der Waals surface area contributed by atoms with Crippen molar-refractivity contribution in [2.75, 3.05) is 19.5 Å². The van der Waals surface area contributed by atoms with Crippen molar-refractivity contribution in [1.82, 2.24) is 15.0 Å². The van der Waals surface area contributed by atoms with E-state index in [2.05, 4.69) is 20.3 Å². The van der Waals surface area contributed by atoms with Gasteiger partial charge in [0.15, 0.2) is 0 Å². The average Bonchev–Trinajstić information content (AvgIpc) is 3.13. The summed E-state index contributed by atoms with van der Waals surface area (Å²) in [6.07, 6.45) is 8.48. The second-order valence-corrected chi connectivity index (χ2v) is 4.73. The Morgan fingerprint density at radius 2 is 2.09 bits per heavy atom. The fraction of sp³-hybridized carbons (Fsp3) is 0.188. The third kappa shape index (κ3) is 3.39. The van der Waals surface area contributed by atoms with Crippen molar-refractivity contribution in [1.29, 1.82) is 0 Å². The van der Waals surface area contributed by atoms with Gasteiger partial charge in [-0.2, -0.15) is 4.98 Å². The molecule has 0 aliphatic heterocycles. The van der Waals surface area contributed by atoms with Crippen LogP contribution < -0.4 is 14.8 Å². The van der Waals surface area contributed by atoms with E-state index in [4.69, 9.17) is 13.9 Å². The number of anilines is 1. The molecule has 3 rings (SSSR count). The third-order valence-corrected chi connectivity index (χ3v) is 3.23. The van der Waals surface area contributed by atoms with Crippen LogP contribution in [0.3, 0.4) is 0 Å². The highest BCUT2D eigenvalue weighted by molar-refractivity contribution is 5.70. The third-order valence-electron chi connectivity index (χ3n) is 3.23. The van der Waals surface area contributed by atoms with E-state index >= 15 is 0 Å². The number of methoxy groups -OCH3 is 2. The molecular weight excluding hydrogens is 296 g/mol. The number of ether oxygens (including phenoxy) is 2. The lowest BCUT2D eigenvalue weighted by Crippen LogP contribution is -2.00. The lowest BCUT2D eigenvalue weighted by Gasteiger charge is -2.10. The molecule has 0 aliphatic rings. The minimum atomic E-state index is 0.257. The van der Waals surface area contributed by atoms with Crippen LogP contribution in [0.2, 0.25) is 0 Å². The molecule has 0 atom stereocenters. The molecule has 3 aromatic rings. The minimum Gasteiger partial charge on any atom is -0.480 e. The molecule has 0 bridgehead atoms. The van der Waals surface area contributed by atoms with Gasteiger partial charge in [-0.1, -0.05) is 0 Å². The van der Waals surface area contributed by atoms with Gasteiger partial charge in [-0.25, -0.2) is 4.98 Å². The molecule has 0 aliphatic carbocycles. The zero-order valence-electron chi connectivity index (χ0n) is 12.8. The monoisotopic (exact) mass is 312 g/mol. The first-order valence-electron chi connectivity index (χ1n) is 6.95. The lowest BCUT2D eigenvalue weighted by atomic mass is 10.1. The smallest absolute Gasteiger partial charge is 0.319 e. The van der Waals surface area contributed by atoms with Gasteiger partial charge in [0, 0.05) is 36.3 Å². The zero-order valence-corrected chi connectivity index (χ0v) is 12.8. The summed E-state index contributed by atoms with van der Waals surface area (Å²) < 4.78 is 15.4. The summed E-state index contributed by atoms with van der Waals surface area (Å²) in [5, 5.41) is 3.29. The summed E-state index contributed by atoms with van der Waals surface area (Å²) in [7, 11) is 3.07. The van der Waals surface area contributed by atoms with Crippen LogP contribution in [-0.4, -0.2) is 29.2 Å². The summed E-state index contributed by atoms with van der Waals surface area (Å²) in [4.78, 5) is 12.6. The van der Waals surface area contributed by atoms with Crippen molar-refractivity contribution < 1.29 is 13.9 Å². The van der Waals surface area contributed by atoms with Crippen LogP contribution in [0, 0.1) is 0 Å². The first-order chi connectivity index (χ1) is 11.3. The molecule has 0 amide bonds. The van der Waals surface area contributed by atoms with Crippen molar-refractivity contribution in [3.63, 3.8) is 0 Å². The number of pyridine rings is 1. The molecule has 3 heterocycles. The number of hydrogen-bond acceptors (Lipinski definition) is 7. The number of nitrogens with one attached hydrogen (secondary N) is 1. The zero-order chi connectivity index (χ0) is 16.1. The van der Waals surface area contributed by atoms with Gasteiger partial charge in [0.1, 0.15) is 0 Å². The number of rotatable bonds is 6. The Hall–Kier alpha value is -3.09. The molecule has 0 radical (unpaired) electrons. The van der Waals surface area contributed by atoms with Crippen molar-refractivity contribution in [2.45, 2.75) is 6.54 Å². The van der Waals surface area contributed by atoms with Gasteiger partial charge in [-0.15, -0.1) is 0 Å². The molecule has 7 nitrogen and oxygen atoms in total.